The van der Waals surface area contributed by atoms with Crippen molar-refractivity contribution >= 4 is 13.6 Å². The Kier molecular flexibility index (Phi) is 6.85. The molecule has 13 heavy (non-hydrogen) atoms. The van der Waals surface area contributed by atoms with Crippen LogP contribution in [0.3, 0.4) is 0 Å². The molecule has 0 saturated heterocycles. The minimum Gasteiger partial charge on any atom is -0.379 e. The van der Waals surface area contributed by atoms with E-state index in [2.05, 4.69) is 5.32 Å². The van der Waals surface area contributed by atoms with E-state index in [1.54, 1.807) is 4.90 Å². The van der Waals surface area contributed by atoms with Gasteiger partial charge in [0.05, 0.1) is 20.6 Å². The average molecular weight is 184 g/mol. The molecule has 0 aliphatic carbocycles. The summed E-state index contributed by atoms with van der Waals surface area (Å²) >= 11 is 0. The number of nitrogens with zero attached hydrogens (tertiary/aromatic N) is 1. The zero-order chi connectivity index (χ0) is 10.3. The molecule has 0 bridgehead atoms. The van der Waals surface area contributed by atoms with Crippen LogP contribution in [-0.4, -0.2) is 56.5 Å². The topological polar surface area (TPSA) is 52.6 Å². The first-order valence-electron chi connectivity index (χ1n) is 4.38. The van der Waals surface area contributed by atoms with Gasteiger partial charge in [-0.25, -0.2) is 0 Å². The minimum atomic E-state index is -0.725. The number of rotatable bonds is 7. The number of likely N-dealkylation sites (N-methyl/N-ethyl adjacent to an activating group) is 1. The number of nitrogens with one attached hydrogen (secondary N) is 1. The molecule has 2 radical (unpaired) electrons. The molecule has 1 unspecified atom stereocenters. The molecule has 0 aliphatic heterocycles. The van der Waals surface area contributed by atoms with Gasteiger partial charge in [0, 0.05) is 13.1 Å². The van der Waals surface area contributed by atoms with Crippen molar-refractivity contribution in [3.05, 3.63) is 0 Å². The van der Waals surface area contributed by atoms with E-state index in [0.717, 1.165) is 6.54 Å². The Morgan fingerprint density at radius 3 is 2.69 bits per heavy atom. The molecule has 5 heteroatoms. The van der Waals surface area contributed by atoms with Gasteiger partial charge < -0.3 is 10.4 Å². The predicted octanol–water partition coefficient (Wildman–Crippen LogP) is -0.998. The van der Waals surface area contributed by atoms with Gasteiger partial charge in [-0.2, -0.15) is 0 Å². The summed E-state index contributed by atoms with van der Waals surface area (Å²) < 4.78 is 0. The smallest absolute Gasteiger partial charge is 0.143 e. The molecule has 0 spiro atoms. The van der Waals surface area contributed by atoms with Gasteiger partial charge in [-0.1, -0.05) is 0 Å². The van der Waals surface area contributed by atoms with Crippen LogP contribution in [0.5, 0.6) is 0 Å². The minimum absolute atomic E-state index is 0.0311. The van der Waals surface area contributed by atoms with Crippen LogP contribution in [-0.2, 0) is 4.79 Å². The second-order valence-corrected chi connectivity index (χ2v) is 2.99. The number of carbonyl (C=O) groups is 1. The average Bonchev–Trinajstić information content (AvgIpc) is 2.10. The Hall–Kier alpha value is -0.385. The van der Waals surface area contributed by atoms with E-state index >= 15 is 0 Å². The number of aliphatic hydroxyl groups excluding tert-OH is 1. The summed E-state index contributed by atoms with van der Waals surface area (Å²) in [5, 5.41) is 12.4. The van der Waals surface area contributed by atoms with E-state index in [0.29, 0.717) is 6.54 Å². The third-order valence-corrected chi connectivity index (χ3v) is 1.71. The fourth-order valence-electron chi connectivity index (χ4n) is 1.02. The lowest BCUT2D eigenvalue weighted by molar-refractivity contribution is -0.120. The third-order valence-electron chi connectivity index (χ3n) is 1.71. The third kappa shape index (κ3) is 5.79. The second kappa shape index (κ2) is 7.06. The monoisotopic (exact) mass is 184 g/mol. The first-order valence-corrected chi connectivity index (χ1v) is 4.38. The zero-order valence-electron chi connectivity index (χ0n) is 8.29. The number of hydrogen-bond acceptors (Lipinski definition) is 4. The molecule has 0 aliphatic rings. The fraction of sp³-hybridized carbons (Fsp3) is 0.875. The number of ketones is 1. The number of carbonyl (C=O) groups excluding carboxylic acids is 1. The van der Waals surface area contributed by atoms with Crippen LogP contribution < -0.4 is 5.32 Å². The van der Waals surface area contributed by atoms with Crippen molar-refractivity contribution in [2.75, 3.05) is 26.7 Å². The van der Waals surface area contributed by atoms with Crippen LogP contribution >= 0.6 is 0 Å². The second-order valence-electron chi connectivity index (χ2n) is 2.99. The summed E-state index contributed by atoms with van der Waals surface area (Å²) in [6, 6.07) is 0. The Morgan fingerprint density at radius 2 is 2.31 bits per heavy atom. The van der Waals surface area contributed by atoms with E-state index in [-0.39, 0.29) is 18.6 Å². The van der Waals surface area contributed by atoms with Gasteiger partial charge in [-0.3, -0.25) is 9.69 Å². The first kappa shape index (κ1) is 12.6. The van der Waals surface area contributed by atoms with Crippen molar-refractivity contribution in [3.63, 3.8) is 0 Å². The van der Waals surface area contributed by atoms with E-state index in [9.17, 15) is 9.90 Å². The molecule has 0 aromatic carbocycles. The SMILES string of the molecule is [B]CC(O)N(CCNC)CC(C)=O. The van der Waals surface area contributed by atoms with Gasteiger partial charge in [0.15, 0.2) is 0 Å². The lowest BCUT2D eigenvalue weighted by atomic mass is 10.0. The molecular formula is C8H17BN2O2. The number of hydrogen-bond donors (Lipinski definition) is 2. The highest BCUT2D eigenvalue weighted by atomic mass is 16.3. The molecule has 0 rings (SSSR count). The summed E-state index contributed by atoms with van der Waals surface area (Å²) in [4.78, 5) is 12.5. The van der Waals surface area contributed by atoms with Crippen LogP contribution in [0.4, 0.5) is 0 Å². The Labute approximate surface area is 80.7 Å². The molecule has 74 valence electrons. The van der Waals surface area contributed by atoms with E-state index in [1.807, 2.05) is 7.05 Å². The molecule has 0 saturated carbocycles. The van der Waals surface area contributed by atoms with Crippen LogP contribution in [0, 0.1) is 0 Å². The lowest BCUT2D eigenvalue weighted by Crippen LogP contribution is -2.41. The van der Waals surface area contributed by atoms with Gasteiger partial charge in [0.1, 0.15) is 5.78 Å². The number of aliphatic hydroxyl groups is 1. The molecule has 0 heterocycles. The molecule has 0 aromatic rings. The van der Waals surface area contributed by atoms with Crippen molar-refractivity contribution in [1.29, 1.82) is 0 Å². The van der Waals surface area contributed by atoms with Crippen LogP contribution in [0.2, 0.25) is 6.32 Å². The van der Waals surface area contributed by atoms with Crippen molar-refractivity contribution < 1.29 is 9.90 Å². The van der Waals surface area contributed by atoms with Crippen molar-refractivity contribution in [1.82, 2.24) is 10.2 Å². The summed E-state index contributed by atoms with van der Waals surface area (Å²) in [7, 11) is 7.12. The largest absolute Gasteiger partial charge is 0.379 e. The molecule has 0 aromatic heterocycles. The normalized spacial score (nSPS) is 13.2. The fourth-order valence-corrected chi connectivity index (χ4v) is 1.02. The van der Waals surface area contributed by atoms with Crippen molar-refractivity contribution in [2.24, 2.45) is 0 Å². The summed E-state index contributed by atoms with van der Waals surface area (Å²) in [6.07, 6.45) is -0.575. The van der Waals surface area contributed by atoms with Gasteiger partial charge in [-0.05, 0) is 20.3 Å². The first-order chi connectivity index (χ1) is 6.11. The summed E-state index contributed by atoms with van der Waals surface area (Å²) in [6.45, 7) is 3.09. The molecule has 0 amide bonds. The molecular weight excluding hydrogens is 167 g/mol. The Morgan fingerprint density at radius 1 is 1.69 bits per heavy atom. The standard InChI is InChI=1S/C8H17BN2O2/c1-7(12)6-11(4-3-10-2)8(13)5-9/h8,10,13H,3-6H2,1-2H3. The Bertz CT molecular complexity index is 155. The summed E-state index contributed by atoms with van der Waals surface area (Å²) in [5.41, 5.74) is 0. The molecule has 1 atom stereocenters. The maximum Gasteiger partial charge on any atom is 0.143 e. The van der Waals surface area contributed by atoms with Crippen molar-refractivity contribution in [3.8, 4) is 0 Å². The van der Waals surface area contributed by atoms with Crippen LogP contribution in [0.1, 0.15) is 6.92 Å². The number of Topliss-reactive ketones (excluding diaryl/α,β-unsaturated/α-hetero) is 1. The van der Waals surface area contributed by atoms with Gasteiger partial charge in [0.2, 0.25) is 0 Å². The van der Waals surface area contributed by atoms with E-state index in [4.69, 9.17) is 7.85 Å². The maximum absolute atomic E-state index is 10.8. The molecule has 0 fully saturated rings. The van der Waals surface area contributed by atoms with E-state index in [1.165, 1.54) is 6.92 Å². The lowest BCUT2D eigenvalue weighted by Gasteiger charge is -2.25. The Balaban J connectivity index is 3.94. The highest BCUT2D eigenvalue weighted by Crippen LogP contribution is 1.98. The zero-order valence-corrected chi connectivity index (χ0v) is 8.29. The molecule has 4 nitrogen and oxygen atoms in total. The maximum atomic E-state index is 10.8. The highest BCUT2D eigenvalue weighted by Gasteiger charge is 2.13. The van der Waals surface area contributed by atoms with Gasteiger partial charge in [-0.15, -0.1) is 0 Å². The summed E-state index contributed by atoms with van der Waals surface area (Å²) in [5.74, 6) is 0.0311. The van der Waals surface area contributed by atoms with Crippen LogP contribution in [0.25, 0.3) is 0 Å². The molecule has 2 N–H and O–H groups in total. The predicted molar refractivity (Wildman–Crippen MR) is 52.7 cm³/mol. The van der Waals surface area contributed by atoms with E-state index < -0.39 is 6.23 Å². The van der Waals surface area contributed by atoms with Crippen LogP contribution in [0.15, 0.2) is 0 Å². The van der Waals surface area contributed by atoms with Gasteiger partial charge >= 0.3 is 0 Å². The van der Waals surface area contributed by atoms with Crippen molar-refractivity contribution in [2.45, 2.75) is 19.5 Å². The highest BCUT2D eigenvalue weighted by molar-refractivity contribution is 6.08. The quantitative estimate of drug-likeness (QED) is 0.393. The van der Waals surface area contributed by atoms with Gasteiger partial charge in [0.25, 0.3) is 0 Å².